The minimum absolute atomic E-state index is 0.231. The van der Waals surface area contributed by atoms with Crippen molar-refractivity contribution in [2.24, 2.45) is 0 Å². The molecular weight excluding hydrogens is 404 g/mol. The first kappa shape index (κ1) is 21.2. The summed E-state index contributed by atoms with van der Waals surface area (Å²) in [5.41, 5.74) is 0.299. The van der Waals surface area contributed by atoms with Gasteiger partial charge in [0.1, 0.15) is 11.2 Å². The molecule has 0 amide bonds. The number of ketones is 3. The Morgan fingerprint density at radius 2 is 0.969 bits per heavy atom. The topological polar surface area (TPSA) is 91.7 Å². The van der Waals surface area contributed by atoms with Crippen LogP contribution in [-0.4, -0.2) is 38.8 Å². The average molecular weight is 433 g/mol. The maximum absolute atomic E-state index is 13.2. The Kier molecular flexibility index (Phi) is 5.14. The van der Waals surface area contributed by atoms with Gasteiger partial charge in [0.05, 0.1) is 0 Å². The second-order valence-corrected chi connectivity index (χ2v) is 9.69. The van der Waals surface area contributed by atoms with Crippen LogP contribution in [0.4, 0.5) is 0 Å². The minimum atomic E-state index is -1.35. The Balaban J connectivity index is 1.46. The zero-order chi connectivity index (χ0) is 22.5. The number of hydrogen-bond acceptors (Lipinski definition) is 5. The van der Waals surface area contributed by atoms with E-state index in [0.29, 0.717) is 47.9 Å². The van der Waals surface area contributed by atoms with Crippen molar-refractivity contribution in [3.63, 3.8) is 0 Å². The Morgan fingerprint density at radius 1 is 0.594 bits per heavy atom. The van der Waals surface area contributed by atoms with Crippen LogP contribution in [0.1, 0.15) is 101 Å². The third kappa shape index (κ3) is 3.35. The molecule has 2 fully saturated rings. The van der Waals surface area contributed by atoms with Crippen molar-refractivity contribution in [2.75, 3.05) is 0 Å². The largest absolute Gasteiger partial charge is 0.382 e. The standard InChI is InChI=1S/C27H28O5/c28-23-21-15-17(24(29)26(31)11-3-1-4-12-26)7-9-19(21)20-10-8-18(16-22(20)23)25(30)27(32)13-5-2-6-14-27/h7-10,15-16,31-32H,1-6,11-14H2. The summed E-state index contributed by atoms with van der Waals surface area (Å²) in [5, 5.41) is 21.7. The summed E-state index contributed by atoms with van der Waals surface area (Å²) in [4.78, 5) is 39.2. The van der Waals surface area contributed by atoms with Crippen molar-refractivity contribution < 1.29 is 24.6 Å². The third-order valence-corrected chi connectivity index (χ3v) is 7.55. The molecule has 0 heterocycles. The highest BCUT2D eigenvalue weighted by molar-refractivity contribution is 6.23. The van der Waals surface area contributed by atoms with Crippen molar-refractivity contribution in [1.82, 2.24) is 0 Å². The van der Waals surface area contributed by atoms with E-state index in [1.165, 1.54) is 0 Å². The summed E-state index contributed by atoms with van der Waals surface area (Å²) in [6.45, 7) is 0. The lowest BCUT2D eigenvalue weighted by Gasteiger charge is -2.30. The van der Waals surface area contributed by atoms with Crippen LogP contribution in [-0.2, 0) is 0 Å². The third-order valence-electron chi connectivity index (χ3n) is 7.55. The second-order valence-electron chi connectivity index (χ2n) is 9.69. The van der Waals surface area contributed by atoms with Crippen molar-refractivity contribution in [1.29, 1.82) is 0 Å². The van der Waals surface area contributed by atoms with E-state index in [4.69, 9.17) is 0 Å². The van der Waals surface area contributed by atoms with Crippen LogP contribution in [0.15, 0.2) is 36.4 Å². The molecule has 166 valence electrons. The summed E-state index contributed by atoms with van der Waals surface area (Å²) in [7, 11) is 0. The fourth-order valence-corrected chi connectivity index (χ4v) is 5.63. The zero-order valence-corrected chi connectivity index (χ0v) is 18.2. The van der Waals surface area contributed by atoms with Crippen molar-refractivity contribution in [3.8, 4) is 11.1 Å². The van der Waals surface area contributed by atoms with E-state index in [-0.39, 0.29) is 17.3 Å². The molecule has 0 spiro atoms. The van der Waals surface area contributed by atoms with E-state index in [9.17, 15) is 24.6 Å². The molecule has 5 heteroatoms. The van der Waals surface area contributed by atoms with Gasteiger partial charge in [0.25, 0.3) is 0 Å². The average Bonchev–Trinajstić information content (AvgIpc) is 3.10. The number of benzene rings is 2. The number of carbonyl (C=O) groups is 3. The lowest BCUT2D eigenvalue weighted by molar-refractivity contribution is 0.0116. The normalized spacial score (nSPS) is 21.0. The summed E-state index contributed by atoms with van der Waals surface area (Å²) in [6.07, 6.45) is 7.12. The Labute approximate surface area is 187 Å². The number of aliphatic hydroxyl groups is 2. The molecule has 2 N–H and O–H groups in total. The Hall–Kier alpha value is -2.63. The summed E-state index contributed by atoms with van der Waals surface area (Å²) in [6, 6.07) is 10.1. The Morgan fingerprint density at radius 3 is 1.34 bits per heavy atom. The van der Waals surface area contributed by atoms with Crippen molar-refractivity contribution >= 4 is 17.3 Å². The molecule has 0 atom stereocenters. The molecule has 5 nitrogen and oxygen atoms in total. The maximum Gasteiger partial charge on any atom is 0.194 e. The van der Waals surface area contributed by atoms with Crippen molar-refractivity contribution in [2.45, 2.75) is 75.4 Å². The van der Waals surface area contributed by atoms with Gasteiger partial charge in [-0.2, -0.15) is 0 Å². The number of carbonyl (C=O) groups excluding carboxylic acids is 3. The molecule has 2 saturated carbocycles. The van der Waals surface area contributed by atoms with E-state index in [2.05, 4.69) is 0 Å². The first-order chi connectivity index (χ1) is 15.3. The number of rotatable bonds is 4. The smallest absolute Gasteiger partial charge is 0.194 e. The summed E-state index contributed by atoms with van der Waals surface area (Å²) in [5.74, 6) is -0.871. The van der Waals surface area contributed by atoms with E-state index in [1.807, 2.05) is 0 Å². The maximum atomic E-state index is 13.2. The fraction of sp³-hybridized carbons (Fsp3) is 0.444. The van der Waals surface area contributed by atoms with E-state index in [1.54, 1.807) is 36.4 Å². The molecule has 5 rings (SSSR count). The predicted molar refractivity (Wildman–Crippen MR) is 120 cm³/mol. The van der Waals surface area contributed by atoms with Crippen molar-refractivity contribution in [3.05, 3.63) is 58.7 Å². The summed E-state index contributed by atoms with van der Waals surface area (Å²) >= 11 is 0. The van der Waals surface area contributed by atoms with Gasteiger partial charge in [-0.15, -0.1) is 0 Å². The molecule has 3 aliphatic carbocycles. The van der Waals surface area contributed by atoms with Gasteiger partial charge in [0, 0.05) is 22.3 Å². The van der Waals surface area contributed by atoms with Gasteiger partial charge >= 0.3 is 0 Å². The van der Waals surface area contributed by atoms with Crippen LogP contribution in [0.3, 0.4) is 0 Å². The fourth-order valence-electron chi connectivity index (χ4n) is 5.63. The number of fused-ring (bicyclic) bond motifs is 3. The quantitative estimate of drug-likeness (QED) is 0.586. The number of Topliss-reactive ketones (excluding diaryl/α,β-unsaturated/α-hetero) is 2. The highest BCUT2D eigenvalue weighted by Gasteiger charge is 2.40. The molecule has 0 unspecified atom stereocenters. The van der Waals surface area contributed by atoms with Gasteiger partial charge in [0.2, 0.25) is 0 Å². The lowest BCUT2D eigenvalue weighted by atomic mass is 9.79. The molecule has 2 aromatic carbocycles. The van der Waals surface area contributed by atoms with Gasteiger partial charge in [-0.25, -0.2) is 0 Å². The molecule has 2 aromatic rings. The van der Waals surface area contributed by atoms with Crippen LogP contribution in [0.25, 0.3) is 11.1 Å². The van der Waals surface area contributed by atoms with Crippen LogP contribution in [0.2, 0.25) is 0 Å². The first-order valence-electron chi connectivity index (χ1n) is 11.7. The first-order valence-corrected chi connectivity index (χ1v) is 11.7. The Bertz CT molecular complexity index is 1030. The van der Waals surface area contributed by atoms with Gasteiger partial charge < -0.3 is 10.2 Å². The number of hydrogen-bond donors (Lipinski definition) is 2. The van der Waals surface area contributed by atoms with Gasteiger partial charge in [0.15, 0.2) is 17.3 Å². The van der Waals surface area contributed by atoms with Crippen LogP contribution in [0.5, 0.6) is 0 Å². The van der Waals surface area contributed by atoms with E-state index in [0.717, 1.165) is 49.7 Å². The molecule has 0 aromatic heterocycles. The minimum Gasteiger partial charge on any atom is -0.382 e. The molecule has 0 bridgehead atoms. The molecule has 0 aliphatic heterocycles. The van der Waals surface area contributed by atoms with Crippen LogP contribution < -0.4 is 0 Å². The van der Waals surface area contributed by atoms with Crippen LogP contribution >= 0.6 is 0 Å². The highest BCUT2D eigenvalue weighted by atomic mass is 16.3. The van der Waals surface area contributed by atoms with Gasteiger partial charge in [-0.05, 0) is 48.9 Å². The lowest BCUT2D eigenvalue weighted by Crippen LogP contribution is -2.40. The molecular formula is C27H28O5. The summed E-state index contributed by atoms with van der Waals surface area (Å²) < 4.78 is 0. The molecule has 32 heavy (non-hydrogen) atoms. The predicted octanol–water partition coefficient (Wildman–Crippen LogP) is 4.65. The van der Waals surface area contributed by atoms with Gasteiger partial charge in [-0.3, -0.25) is 14.4 Å². The van der Waals surface area contributed by atoms with Gasteiger partial charge in [-0.1, -0.05) is 62.8 Å². The molecule has 0 saturated heterocycles. The highest BCUT2D eigenvalue weighted by Crippen LogP contribution is 2.40. The van der Waals surface area contributed by atoms with E-state index < -0.39 is 11.2 Å². The van der Waals surface area contributed by atoms with E-state index >= 15 is 0 Å². The van der Waals surface area contributed by atoms with Crippen LogP contribution in [0, 0.1) is 0 Å². The SMILES string of the molecule is O=C1c2cc(C(=O)C3(O)CCCCC3)ccc2-c2ccc(C(=O)C3(O)CCCCC3)cc21. The zero-order valence-electron chi connectivity index (χ0n) is 18.2. The molecule has 3 aliphatic rings. The molecule has 0 radical (unpaired) electrons. The monoisotopic (exact) mass is 432 g/mol. The second kappa shape index (κ2) is 7.75.